The van der Waals surface area contributed by atoms with Gasteiger partial charge in [0.25, 0.3) is 0 Å². The molecule has 1 aromatic heterocycles. The maximum absolute atomic E-state index is 11.5. The molecule has 14 heavy (non-hydrogen) atoms. The van der Waals surface area contributed by atoms with Crippen molar-refractivity contribution < 1.29 is 9.90 Å². The van der Waals surface area contributed by atoms with E-state index in [1.807, 2.05) is 13.8 Å². The van der Waals surface area contributed by atoms with Crippen molar-refractivity contribution >= 4 is 5.78 Å². The van der Waals surface area contributed by atoms with E-state index in [-0.39, 0.29) is 5.78 Å². The smallest absolute Gasteiger partial charge is 0.192 e. The molecule has 76 valence electrons. The van der Waals surface area contributed by atoms with Crippen LogP contribution in [0.4, 0.5) is 0 Å². The molecule has 1 rings (SSSR count). The molecule has 0 saturated heterocycles. The van der Waals surface area contributed by atoms with Crippen LogP contribution in [0.2, 0.25) is 0 Å². The molecule has 0 unspecified atom stereocenters. The van der Waals surface area contributed by atoms with Gasteiger partial charge in [-0.15, -0.1) is 0 Å². The summed E-state index contributed by atoms with van der Waals surface area (Å²) in [5.74, 6) is -0.206. The molecule has 1 aromatic rings. The van der Waals surface area contributed by atoms with Crippen molar-refractivity contribution in [3.63, 3.8) is 0 Å². The standard InChI is InChI=1S/C10H14N2O2/c1-4-12-8(3)10(7(2)11-12)9(14)5-6-13/h5-6,13H,4H2,1-3H3. The summed E-state index contributed by atoms with van der Waals surface area (Å²) in [5, 5.41) is 12.7. The van der Waals surface area contributed by atoms with Crippen LogP contribution < -0.4 is 0 Å². The van der Waals surface area contributed by atoms with Crippen LogP contribution in [-0.2, 0) is 6.54 Å². The highest BCUT2D eigenvalue weighted by Crippen LogP contribution is 2.13. The lowest BCUT2D eigenvalue weighted by molar-refractivity contribution is 0.104. The van der Waals surface area contributed by atoms with Gasteiger partial charge in [0.15, 0.2) is 5.78 Å². The lowest BCUT2D eigenvalue weighted by atomic mass is 10.1. The summed E-state index contributed by atoms with van der Waals surface area (Å²) in [6.45, 7) is 6.35. The van der Waals surface area contributed by atoms with Crippen LogP contribution in [0, 0.1) is 13.8 Å². The van der Waals surface area contributed by atoms with Crippen LogP contribution in [0.3, 0.4) is 0 Å². The number of aryl methyl sites for hydroxylation is 2. The number of carbonyl (C=O) groups is 1. The Bertz CT molecular complexity index is 378. The molecule has 0 fully saturated rings. The predicted octanol–water partition coefficient (Wildman–Crippen LogP) is 1.77. The van der Waals surface area contributed by atoms with Gasteiger partial charge >= 0.3 is 0 Å². The molecule has 1 heterocycles. The number of ketones is 1. The molecule has 4 nitrogen and oxygen atoms in total. The molecular weight excluding hydrogens is 180 g/mol. The highest BCUT2D eigenvalue weighted by molar-refractivity contribution is 6.05. The van der Waals surface area contributed by atoms with Crippen LogP contribution in [0.1, 0.15) is 28.7 Å². The van der Waals surface area contributed by atoms with Gasteiger partial charge in [-0.2, -0.15) is 5.10 Å². The summed E-state index contributed by atoms with van der Waals surface area (Å²) in [7, 11) is 0. The summed E-state index contributed by atoms with van der Waals surface area (Å²) < 4.78 is 1.77. The Morgan fingerprint density at radius 1 is 1.57 bits per heavy atom. The van der Waals surface area contributed by atoms with E-state index in [1.165, 1.54) is 0 Å². The van der Waals surface area contributed by atoms with Crippen LogP contribution >= 0.6 is 0 Å². The zero-order chi connectivity index (χ0) is 10.7. The first kappa shape index (κ1) is 10.5. The Hall–Kier alpha value is -1.58. The van der Waals surface area contributed by atoms with Crippen LogP contribution in [0.5, 0.6) is 0 Å². The van der Waals surface area contributed by atoms with Crippen LogP contribution in [0.25, 0.3) is 0 Å². The van der Waals surface area contributed by atoms with Crippen molar-refractivity contribution in [1.29, 1.82) is 0 Å². The fourth-order valence-corrected chi connectivity index (χ4v) is 1.51. The Balaban J connectivity index is 3.20. The molecule has 0 aromatic carbocycles. The average molecular weight is 194 g/mol. The lowest BCUT2D eigenvalue weighted by Gasteiger charge is -1.98. The van der Waals surface area contributed by atoms with E-state index in [0.717, 1.165) is 24.6 Å². The van der Waals surface area contributed by atoms with Crippen molar-refractivity contribution in [2.75, 3.05) is 0 Å². The number of rotatable bonds is 3. The molecule has 0 aliphatic heterocycles. The summed E-state index contributed by atoms with van der Waals surface area (Å²) in [6.07, 6.45) is 1.89. The van der Waals surface area contributed by atoms with E-state index >= 15 is 0 Å². The molecule has 0 spiro atoms. The van der Waals surface area contributed by atoms with Crippen molar-refractivity contribution in [3.8, 4) is 0 Å². The minimum atomic E-state index is -0.206. The Morgan fingerprint density at radius 2 is 2.21 bits per heavy atom. The third-order valence-corrected chi connectivity index (χ3v) is 2.15. The highest BCUT2D eigenvalue weighted by Gasteiger charge is 2.15. The summed E-state index contributed by atoms with van der Waals surface area (Å²) >= 11 is 0. The first-order valence-electron chi connectivity index (χ1n) is 4.50. The minimum Gasteiger partial charge on any atom is -0.515 e. The first-order valence-corrected chi connectivity index (χ1v) is 4.50. The normalized spacial score (nSPS) is 11.1. The quantitative estimate of drug-likeness (QED) is 0.453. The van der Waals surface area contributed by atoms with E-state index in [2.05, 4.69) is 5.10 Å². The van der Waals surface area contributed by atoms with Crippen molar-refractivity contribution in [1.82, 2.24) is 9.78 Å². The summed E-state index contributed by atoms with van der Waals surface area (Å²) in [6, 6.07) is 0. The van der Waals surface area contributed by atoms with Gasteiger partial charge in [-0.3, -0.25) is 9.48 Å². The number of carbonyl (C=O) groups excluding carboxylic acids is 1. The molecule has 0 aliphatic rings. The van der Waals surface area contributed by atoms with Gasteiger partial charge in [0.2, 0.25) is 0 Å². The second-order valence-corrected chi connectivity index (χ2v) is 3.04. The average Bonchev–Trinajstić information content (AvgIpc) is 2.41. The zero-order valence-electron chi connectivity index (χ0n) is 8.61. The molecule has 0 aliphatic carbocycles. The van der Waals surface area contributed by atoms with Crippen molar-refractivity contribution in [3.05, 3.63) is 29.3 Å². The fourth-order valence-electron chi connectivity index (χ4n) is 1.51. The molecule has 0 atom stereocenters. The number of allylic oxidation sites excluding steroid dienone is 1. The number of aromatic nitrogens is 2. The van der Waals surface area contributed by atoms with Gasteiger partial charge in [-0.25, -0.2) is 0 Å². The second kappa shape index (κ2) is 4.09. The second-order valence-electron chi connectivity index (χ2n) is 3.04. The Kier molecular flexibility index (Phi) is 3.06. The minimum absolute atomic E-state index is 0.206. The van der Waals surface area contributed by atoms with Gasteiger partial charge in [0.05, 0.1) is 17.5 Å². The van der Waals surface area contributed by atoms with Gasteiger partial charge in [0, 0.05) is 18.3 Å². The van der Waals surface area contributed by atoms with Gasteiger partial charge in [0.1, 0.15) is 0 Å². The largest absolute Gasteiger partial charge is 0.515 e. The highest BCUT2D eigenvalue weighted by atomic mass is 16.2. The third kappa shape index (κ3) is 1.69. The van der Waals surface area contributed by atoms with Gasteiger partial charge < -0.3 is 5.11 Å². The van der Waals surface area contributed by atoms with E-state index in [4.69, 9.17) is 5.11 Å². The molecule has 0 bridgehead atoms. The molecule has 0 radical (unpaired) electrons. The fraction of sp³-hybridized carbons (Fsp3) is 0.400. The van der Waals surface area contributed by atoms with E-state index in [0.29, 0.717) is 11.3 Å². The molecule has 0 amide bonds. The number of aliphatic hydroxyl groups is 1. The SMILES string of the molecule is CCn1nc(C)c(C(=O)C=CO)c1C. The van der Waals surface area contributed by atoms with Crippen molar-refractivity contribution in [2.45, 2.75) is 27.3 Å². The maximum Gasteiger partial charge on any atom is 0.192 e. The molecule has 1 N–H and O–H groups in total. The van der Waals surface area contributed by atoms with Crippen LogP contribution in [-0.4, -0.2) is 20.7 Å². The Morgan fingerprint density at radius 3 is 2.64 bits per heavy atom. The lowest BCUT2D eigenvalue weighted by Crippen LogP contribution is -2.01. The number of nitrogens with zero attached hydrogens (tertiary/aromatic N) is 2. The maximum atomic E-state index is 11.5. The first-order chi connectivity index (χ1) is 6.61. The third-order valence-electron chi connectivity index (χ3n) is 2.15. The Labute approximate surface area is 82.9 Å². The number of hydrogen-bond donors (Lipinski definition) is 1. The number of aliphatic hydroxyl groups excluding tert-OH is 1. The predicted molar refractivity (Wildman–Crippen MR) is 53.5 cm³/mol. The van der Waals surface area contributed by atoms with Crippen molar-refractivity contribution in [2.24, 2.45) is 0 Å². The zero-order valence-corrected chi connectivity index (χ0v) is 8.61. The topological polar surface area (TPSA) is 55.1 Å². The molecular formula is C10H14N2O2. The number of hydrogen-bond acceptors (Lipinski definition) is 3. The van der Waals surface area contributed by atoms with Gasteiger partial charge in [-0.05, 0) is 20.8 Å². The van der Waals surface area contributed by atoms with Crippen LogP contribution in [0.15, 0.2) is 12.3 Å². The molecule has 0 saturated carbocycles. The summed E-state index contributed by atoms with van der Waals surface area (Å²) in [5.41, 5.74) is 2.12. The summed E-state index contributed by atoms with van der Waals surface area (Å²) in [4.78, 5) is 11.5. The van der Waals surface area contributed by atoms with E-state index in [1.54, 1.807) is 11.6 Å². The van der Waals surface area contributed by atoms with E-state index < -0.39 is 0 Å². The molecule has 4 heteroatoms. The van der Waals surface area contributed by atoms with E-state index in [9.17, 15) is 4.79 Å². The van der Waals surface area contributed by atoms with Gasteiger partial charge in [-0.1, -0.05) is 0 Å². The monoisotopic (exact) mass is 194 g/mol.